The molecule has 0 saturated heterocycles. The molecule has 0 rings (SSSR count). The van der Waals surface area contributed by atoms with Crippen LogP contribution in [0.5, 0.6) is 0 Å². The number of carboxylic acid groups (broad SMARTS) is 1. The summed E-state index contributed by atoms with van der Waals surface area (Å²) in [6, 6.07) is 0. The van der Waals surface area contributed by atoms with Gasteiger partial charge in [0.1, 0.15) is 6.29 Å². The minimum atomic E-state index is -0.811. The lowest BCUT2D eigenvalue weighted by Gasteiger charge is -2.09. The number of hydrogen-bond donors (Lipinski definition) is 1. The Bertz CT molecular complexity index is 347. The Morgan fingerprint density at radius 2 is 1.38 bits per heavy atom. The minimum Gasteiger partial charge on any atom is -0.478 e. The van der Waals surface area contributed by atoms with Crippen LogP contribution in [-0.4, -0.2) is 17.4 Å². The molecule has 140 valence electrons. The van der Waals surface area contributed by atoms with E-state index in [0.717, 1.165) is 25.7 Å². The zero-order chi connectivity index (χ0) is 18.0. The molecule has 0 fully saturated rings. The van der Waals surface area contributed by atoms with Crippen molar-refractivity contribution in [1.29, 1.82) is 0 Å². The van der Waals surface area contributed by atoms with Gasteiger partial charge in [0, 0.05) is 11.5 Å². The van der Waals surface area contributed by atoms with Gasteiger partial charge in [0.25, 0.3) is 0 Å². The SMILES string of the molecule is CCCCCCC(C=O)CCCCCCCCCC=C(C)C(=O)O. The van der Waals surface area contributed by atoms with Gasteiger partial charge in [-0.05, 0) is 32.6 Å². The van der Waals surface area contributed by atoms with Gasteiger partial charge in [-0.15, -0.1) is 0 Å². The fourth-order valence-electron chi connectivity index (χ4n) is 2.95. The second-order valence-corrected chi connectivity index (χ2v) is 6.99. The van der Waals surface area contributed by atoms with Crippen molar-refractivity contribution in [1.82, 2.24) is 0 Å². The Labute approximate surface area is 148 Å². The van der Waals surface area contributed by atoms with Crippen LogP contribution in [0.1, 0.15) is 104 Å². The van der Waals surface area contributed by atoms with Crippen LogP contribution in [0.4, 0.5) is 0 Å². The first kappa shape index (κ1) is 22.9. The number of carbonyl (C=O) groups is 2. The van der Waals surface area contributed by atoms with E-state index < -0.39 is 5.97 Å². The van der Waals surface area contributed by atoms with Gasteiger partial charge in [0.05, 0.1) is 0 Å². The van der Waals surface area contributed by atoms with Crippen molar-refractivity contribution in [2.75, 3.05) is 0 Å². The fraction of sp³-hybridized carbons (Fsp3) is 0.810. The van der Waals surface area contributed by atoms with Gasteiger partial charge in [0.2, 0.25) is 0 Å². The first-order valence-corrected chi connectivity index (χ1v) is 9.97. The molecule has 0 aromatic carbocycles. The number of carboxylic acids is 1. The number of aliphatic carboxylic acids is 1. The molecule has 3 nitrogen and oxygen atoms in total. The van der Waals surface area contributed by atoms with E-state index in [-0.39, 0.29) is 5.92 Å². The van der Waals surface area contributed by atoms with Crippen molar-refractivity contribution < 1.29 is 14.7 Å². The maximum Gasteiger partial charge on any atom is 0.330 e. The maximum atomic E-state index is 11.1. The first-order chi connectivity index (χ1) is 11.6. The highest BCUT2D eigenvalue weighted by Gasteiger charge is 2.06. The lowest BCUT2D eigenvalue weighted by molar-refractivity contribution is -0.132. The van der Waals surface area contributed by atoms with Crippen molar-refractivity contribution in [3.8, 4) is 0 Å². The molecule has 0 spiro atoms. The van der Waals surface area contributed by atoms with Crippen molar-refractivity contribution in [3.05, 3.63) is 11.6 Å². The highest BCUT2D eigenvalue weighted by molar-refractivity contribution is 5.85. The quantitative estimate of drug-likeness (QED) is 0.192. The maximum absolute atomic E-state index is 11.1. The van der Waals surface area contributed by atoms with E-state index in [4.69, 9.17) is 5.11 Å². The molecule has 0 aromatic heterocycles. The van der Waals surface area contributed by atoms with E-state index in [9.17, 15) is 9.59 Å². The van der Waals surface area contributed by atoms with Gasteiger partial charge in [-0.25, -0.2) is 4.79 Å². The van der Waals surface area contributed by atoms with Crippen LogP contribution in [-0.2, 0) is 9.59 Å². The molecule has 1 N–H and O–H groups in total. The molecule has 0 aliphatic heterocycles. The standard InChI is InChI=1S/C21H38O3/c1-3-4-5-13-16-20(18-22)17-14-11-9-7-6-8-10-12-15-19(2)21(23)24/h15,18,20H,3-14,16-17H2,1-2H3,(H,23,24). The van der Waals surface area contributed by atoms with E-state index >= 15 is 0 Å². The van der Waals surface area contributed by atoms with Crippen LogP contribution in [0, 0.1) is 5.92 Å². The summed E-state index contributed by atoms with van der Waals surface area (Å²) in [6.45, 7) is 3.86. The summed E-state index contributed by atoms with van der Waals surface area (Å²) in [4.78, 5) is 21.7. The molecular weight excluding hydrogens is 300 g/mol. The molecule has 0 aromatic rings. The third kappa shape index (κ3) is 14.5. The molecule has 1 unspecified atom stereocenters. The van der Waals surface area contributed by atoms with E-state index in [1.807, 2.05) is 6.08 Å². The Morgan fingerprint density at radius 1 is 0.875 bits per heavy atom. The highest BCUT2D eigenvalue weighted by Crippen LogP contribution is 2.17. The van der Waals surface area contributed by atoms with Crippen LogP contribution in [0.2, 0.25) is 0 Å². The monoisotopic (exact) mass is 338 g/mol. The Hall–Kier alpha value is -1.12. The van der Waals surface area contributed by atoms with Gasteiger partial charge in [0.15, 0.2) is 0 Å². The number of carbonyl (C=O) groups excluding carboxylic acids is 1. The summed E-state index contributed by atoms with van der Waals surface area (Å²) in [5, 5.41) is 8.74. The molecule has 24 heavy (non-hydrogen) atoms. The molecule has 0 amide bonds. The number of rotatable bonds is 17. The van der Waals surface area contributed by atoms with Crippen molar-refractivity contribution in [2.24, 2.45) is 5.92 Å². The second-order valence-electron chi connectivity index (χ2n) is 6.99. The van der Waals surface area contributed by atoms with Crippen LogP contribution in [0.3, 0.4) is 0 Å². The van der Waals surface area contributed by atoms with Gasteiger partial charge in [-0.3, -0.25) is 0 Å². The summed E-state index contributed by atoms with van der Waals surface area (Å²) in [5.41, 5.74) is 0.453. The minimum absolute atomic E-state index is 0.283. The predicted molar refractivity (Wildman–Crippen MR) is 101 cm³/mol. The number of unbranched alkanes of at least 4 members (excludes halogenated alkanes) is 10. The molecule has 0 bridgehead atoms. The zero-order valence-corrected chi connectivity index (χ0v) is 15.9. The molecule has 3 heteroatoms. The Morgan fingerprint density at radius 3 is 1.88 bits per heavy atom. The summed E-state index contributed by atoms with van der Waals surface area (Å²) in [7, 11) is 0. The summed E-state index contributed by atoms with van der Waals surface area (Å²) in [6.07, 6.45) is 19.4. The highest BCUT2D eigenvalue weighted by atomic mass is 16.4. The average Bonchev–Trinajstić information content (AvgIpc) is 2.57. The second kappa shape index (κ2) is 16.7. The van der Waals surface area contributed by atoms with Crippen LogP contribution >= 0.6 is 0 Å². The van der Waals surface area contributed by atoms with Crippen molar-refractivity contribution >= 4 is 12.3 Å². The number of aldehydes is 1. The molecule has 0 heterocycles. The normalized spacial score (nSPS) is 13.0. The topological polar surface area (TPSA) is 54.4 Å². The number of hydrogen-bond acceptors (Lipinski definition) is 2. The number of allylic oxidation sites excluding steroid dienone is 1. The molecule has 0 saturated carbocycles. The molecule has 0 radical (unpaired) electrons. The zero-order valence-electron chi connectivity index (χ0n) is 15.9. The van der Waals surface area contributed by atoms with Gasteiger partial charge < -0.3 is 9.90 Å². The van der Waals surface area contributed by atoms with Crippen molar-refractivity contribution in [2.45, 2.75) is 104 Å². The third-order valence-electron chi connectivity index (χ3n) is 4.69. The van der Waals surface area contributed by atoms with Gasteiger partial charge >= 0.3 is 5.97 Å². The Kier molecular flexibility index (Phi) is 15.9. The Balaban J connectivity index is 3.41. The van der Waals surface area contributed by atoms with E-state index in [1.165, 1.54) is 70.5 Å². The summed E-state index contributed by atoms with van der Waals surface area (Å²) in [5.74, 6) is -0.528. The van der Waals surface area contributed by atoms with Crippen molar-refractivity contribution in [3.63, 3.8) is 0 Å². The average molecular weight is 339 g/mol. The third-order valence-corrected chi connectivity index (χ3v) is 4.69. The van der Waals surface area contributed by atoms with E-state index in [0.29, 0.717) is 5.57 Å². The van der Waals surface area contributed by atoms with Crippen LogP contribution in [0.25, 0.3) is 0 Å². The lowest BCUT2D eigenvalue weighted by Crippen LogP contribution is -2.02. The smallest absolute Gasteiger partial charge is 0.330 e. The lowest BCUT2D eigenvalue weighted by atomic mass is 9.95. The summed E-state index contributed by atoms with van der Waals surface area (Å²) < 4.78 is 0. The van der Waals surface area contributed by atoms with E-state index in [1.54, 1.807) is 6.92 Å². The first-order valence-electron chi connectivity index (χ1n) is 9.97. The molecule has 0 aliphatic carbocycles. The molecule has 0 aliphatic rings. The van der Waals surface area contributed by atoms with Crippen LogP contribution < -0.4 is 0 Å². The molecule has 1 atom stereocenters. The van der Waals surface area contributed by atoms with Gasteiger partial charge in [-0.1, -0.05) is 77.2 Å². The summed E-state index contributed by atoms with van der Waals surface area (Å²) >= 11 is 0. The fourth-order valence-corrected chi connectivity index (χ4v) is 2.95. The van der Waals surface area contributed by atoms with E-state index in [2.05, 4.69) is 6.92 Å². The largest absolute Gasteiger partial charge is 0.478 e. The molecular formula is C21H38O3. The van der Waals surface area contributed by atoms with Gasteiger partial charge in [-0.2, -0.15) is 0 Å². The predicted octanol–water partition coefficient (Wildman–Crippen LogP) is 6.31. The van der Waals surface area contributed by atoms with Crippen LogP contribution in [0.15, 0.2) is 11.6 Å².